The van der Waals surface area contributed by atoms with Gasteiger partial charge in [-0.15, -0.1) is 0 Å². The second-order valence-electron chi connectivity index (χ2n) is 9.73. The largest absolute Gasteiger partial charge is 0.415 e. The Balaban J connectivity index is 2.26. The smallest absolute Gasteiger partial charge is 0.256 e. The van der Waals surface area contributed by atoms with Crippen LogP contribution in [-0.4, -0.2) is 38.3 Å². The fourth-order valence-electron chi connectivity index (χ4n) is 3.47. The lowest BCUT2D eigenvalue weighted by molar-refractivity contribution is 0.0683. The molecule has 1 amide bonds. The fraction of sp³-hybridized carbons (Fsp3) is 0.609. The molecule has 1 aromatic carbocycles. The quantitative estimate of drug-likeness (QED) is 0.412. The van der Waals surface area contributed by atoms with Gasteiger partial charge in [-0.2, -0.15) is 0 Å². The Morgan fingerprint density at radius 2 is 1.89 bits per heavy atom. The first kappa shape index (κ1) is 22.7. The lowest BCUT2D eigenvalue weighted by Crippen LogP contribution is -2.46. The number of nitrogens with zero attached hydrogens (tertiary/aromatic N) is 1. The first-order valence-electron chi connectivity index (χ1n) is 10.3. The van der Waals surface area contributed by atoms with Crippen LogP contribution >= 0.6 is 0 Å². The van der Waals surface area contributed by atoms with Gasteiger partial charge in [-0.25, -0.2) is 0 Å². The monoisotopic (exact) mass is 402 g/mol. The molecule has 0 spiro atoms. The van der Waals surface area contributed by atoms with Crippen LogP contribution < -0.4 is 5.73 Å². The van der Waals surface area contributed by atoms with Crippen LogP contribution in [0, 0.1) is 19.8 Å². The number of likely N-dealkylation sites (tertiary alicyclic amines) is 1. The summed E-state index contributed by atoms with van der Waals surface area (Å²) in [5.41, 5.74) is 9.59. The summed E-state index contributed by atoms with van der Waals surface area (Å²) in [6.45, 7) is 18.7. The number of carbonyl (C=O) groups is 1. The van der Waals surface area contributed by atoms with Crippen molar-refractivity contribution in [3.63, 3.8) is 0 Å². The molecule has 1 aliphatic rings. The third kappa shape index (κ3) is 4.87. The van der Waals surface area contributed by atoms with Crippen molar-refractivity contribution >= 4 is 19.9 Å². The second kappa shape index (κ2) is 8.42. The molecule has 0 aliphatic carbocycles. The number of amides is 1. The minimum absolute atomic E-state index is 0.0245. The van der Waals surface area contributed by atoms with E-state index in [4.69, 9.17) is 10.2 Å². The molecule has 1 saturated heterocycles. The molecule has 156 valence electrons. The first-order valence-corrected chi connectivity index (χ1v) is 13.2. The second-order valence-corrected chi connectivity index (χ2v) is 14.5. The molecule has 0 radical (unpaired) electrons. The predicted octanol–water partition coefficient (Wildman–Crippen LogP) is 5.31. The van der Waals surface area contributed by atoms with Crippen LogP contribution in [0.3, 0.4) is 0 Å². The molecule has 0 bridgehead atoms. The predicted molar refractivity (Wildman–Crippen MR) is 121 cm³/mol. The van der Waals surface area contributed by atoms with Gasteiger partial charge in [-0.3, -0.25) is 4.79 Å². The molecule has 2 rings (SSSR count). The maximum absolute atomic E-state index is 13.4. The molecule has 28 heavy (non-hydrogen) atoms. The highest BCUT2D eigenvalue weighted by Gasteiger charge is 2.40. The van der Waals surface area contributed by atoms with E-state index in [2.05, 4.69) is 46.0 Å². The fourth-order valence-corrected chi connectivity index (χ4v) is 4.51. The van der Waals surface area contributed by atoms with Crippen molar-refractivity contribution in [2.75, 3.05) is 18.9 Å². The molecular weight excluding hydrogens is 364 g/mol. The highest BCUT2D eigenvalue weighted by molar-refractivity contribution is 6.74. The van der Waals surface area contributed by atoms with Gasteiger partial charge >= 0.3 is 0 Å². The van der Waals surface area contributed by atoms with E-state index in [1.165, 1.54) is 0 Å². The van der Waals surface area contributed by atoms with E-state index in [-0.39, 0.29) is 17.0 Å². The molecule has 2 atom stereocenters. The lowest BCUT2D eigenvalue weighted by Gasteiger charge is -2.38. The maximum atomic E-state index is 13.4. The Bertz CT molecular complexity index is 750. The van der Waals surface area contributed by atoms with Gasteiger partial charge in [-0.05, 0) is 74.5 Å². The van der Waals surface area contributed by atoms with Crippen molar-refractivity contribution in [2.24, 2.45) is 5.92 Å². The third-order valence-electron chi connectivity index (χ3n) is 6.51. The number of benzene rings is 1. The van der Waals surface area contributed by atoms with Crippen LogP contribution in [-0.2, 0) is 4.43 Å². The Kier molecular flexibility index (Phi) is 6.82. The molecule has 1 aromatic rings. The summed E-state index contributed by atoms with van der Waals surface area (Å²) in [5, 5.41) is 0.154. The van der Waals surface area contributed by atoms with Gasteiger partial charge in [-0.1, -0.05) is 32.9 Å². The van der Waals surface area contributed by atoms with Crippen molar-refractivity contribution in [3.8, 4) is 0 Å². The van der Waals surface area contributed by atoms with E-state index in [1.54, 1.807) is 0 Å². The molecule has 4 nitrogen and oxygen atoms in total. The summed E-state index contributed by atoms with van der Waals surface area (Å²) >= 11 is 0. The summed E-state index contributed by atoms with van der Waals surface area (Å²) < 4.78 is 6.48. The molecule has 0 saturated carbocycles. The van der Waals surface area contributed by atoms with E-state index in [0.29, 0.717) is 23.8 Å². The summed E-state index contributed by atoms with van der Waals surface area (Å²) in [7, 11) is -1.86. The van der Waals surface area contributed by atoms with Crippen LogP contribution in [0.1, 0.15) is 55.6 Å². The summed E-state index contributed by atoms with van der Waals surface area (Å²) in [6.07, 6.45) is 5.22. The van der Waals surface area contributed by atoms with E-state index in [0.717, 1.165) is 24.1 Å². The number of aryl methyl sites for hydroxylation is 2. The highest BCUT2D eigenvalue weighted by atomic mass is 28.4. The topological polar surface area (TPSA) is 55.6 Å². The molecule has 2 N–H and O–H groups in total. The van der Waals surface area contributed by atoms with Crippen molar-refractivity contribution in [2.45, 2.75) is 72.1 Å². The third-order valence-corrected chi connectivity index (χ3v) is 11.0. The minimum atomic E-state index is -1.86. The van der Waals surface area contributed by atoms with E-state index < -0.39 is 8.32 Å². The molecule has 1 aliphatic heterocycles. The maximum Gasteiger partial charge on any atom is 0.256 e. The van der Waals surface area contributed by atoms with Crippen LogP contribution in [0.25, 0.3) is 0 Å². The Labute approximate surface area is 172 Å². The molecule has 0 aromatic heterocycles. The molecule has 1 heterocycles. The van der Waals surface area contributed by atoms with Crippen LogP contribution in [0.15, 0.2) is 24.3 Å². The number of rotatable bonds is 5. The SMILES string of the molecule is C/C=C/C1C[C@@H](CO[Si](C)(C)C(C)(C)C)N(C(=O)c2cc(C)c(C)cc2N)C1. The Hall–Kier alpha value is -1.59. The van der Waals surface area contributed by atoms with Gasteiger partial charge in [0, 0.05) is 12.2 Å². The number of carbonyl (C=O) groups excluding carboxylic acids is 1. The average Bonchev–Trinajstić information content (AvgIpc) is 2.98. The van der Waals surface area contributed by atoms with Gasteiger partial charge in [0.1, 0.15) is 0 Å². The molecule has 1 fully saturated rings. The number of nitrogens with two attached hydrogens (primary N) is 1. The van der Waals surface area contributed by atoms with Gasteiger partial charge in [0.25, 0.3) is 5.91 Å². The van der Waals surface area contributed by atoms with E-state index in [9.17, 15) is 4.79 Å². The average molecular weight is 403 g/mol. The van der Waals surface area contributed by atoms with Crippen molar-refractivity contribution < 1.29 is 9.22 Å². The molecule has 1 unspecified atom stereocenters. The number of nitrogen functional groups attached to an aromatic ring is 1. The van der Waals surface area contributed by atoms with Crippen LogP contribution in [0.5, 0.6) is 0 Å². The van der Waals surface area contributed by atoms with Gasteiger partial charge < -0.3 is 15.1 Å². The van der Waals surface area contributed by atoms with Crippen molar-refractivity contribution in [3.05, 3.63) is 41.0 Å². The number of allylic oxidation sites excluding steroid dienone is 1. The summed E-state index contributed by atoms with van der Waals surface area (Å²) in [4.78, 5) is 15.4. The number of anilines is 1. The number of hydrogen-bond donors (Lipinski definition) is 1. The Morgan fingerprint density at radius 3 is 2.46 bits per heavy atom. The van der Waals surface area contributed by atoms with Crippen molar-refractivity contribution in [1.82, 2.24) is 4.90 Å². The van der Waals surface area contributed by atoms with Gasteiger partial charge in [0.15, 0.2) is 8.32 Å². The van der Waals surface area contributed by atoms with Crippen LogP contribution in [0.4, 0.5) is 5.69 Å². The molecular formula is C23H38N2O2Si. The van der Waals surface area contributed by atoms with Gasteiger partial charge in [0.2, 0.25) is 0 Å². The van der Waals surface area contributed by atoms with E-state index in [1.807, 2.05) is 37.8 Å². The van der Waals surface area contributed by atoms with Gasteiger partial charge in [0.05, 0.1) is 18.2 Å². The zero-order valence-electron chi connectivity index (χ0n) is 18.9. The zero-order chi connectivity index (χ0) is 21.3. The normalized spacial score (nSPS) is 20.9. The lowest BCUT2D eigenvalue weighted by atomic mass is 10.0. The number of hydrogen-bond acceptors (Lipinski definition) is 3. The highest BCUT2D eigenvalue weighted by Crippen LogP contribution is 2.37. The van der Waals surface area contributed by atoms with Crippen molar-refractivity contribution in [1.29, 1.82) is 0 Å². The summed E-state index contributed by atoms with van der Waals surface area (Å²) in [5.74, 6) is 0.395. The van der Waals surface area contributed by atoms with Crippen LogP contribution in [0.2, 0.25) is 18.1 Å². The summed E-state index contributed by atoms with van der Waals surface area (Å²) in [6, 6.07) is 3.93. The first-order chi connectivity index (χ1) is 12.9. The zero-order valence-corrected chi connectivity index (χ0v) is 19.9. The minimum Gasteiger partial charge on any atom is -0.415 e. The standard InChI is InChI=1S/C23H38N2O2Si/c1-9-10-18-13-19(15-27-28(7,8)23(4,5)6)25(14-18)22(26)20-11-16(2)17(3)12-21(20)24/h9-12,18-19H,13-15,24H2,1-8H3/b10-9+/t18?,19-/m0/s1. The van der Waals surface area contributed by atoms with E-state index >= 15 is 0 Å². The Morgan fingerprint density at radius 1 is 1.29 bits per heavy atom. The molecule has 5 heteroatoms.